The summed E-state index contributed by atoms with van der Waals surface area (Å²) in [4.78, 5) is 17.3. The van der Waals surface area contributed by atoms with Gasteiger partial charge >= 0.3 is 0 Å². The molecule has 3 rings (SSSR count). The molecule has 9 heteroatoms. The smallest absolute Gasteiger partial charge is 0.256 e. The van der Waals surface area contributed by atoms with Gasteiger partial charge < -0.3 is 5.32 Å². The van der Waals surface area contributed by atoms with Crippen LogP contribution in [0.5, 0.6) is 0 Å². The molecule has 3 aromatic heterocycles. The maximum absolute atomic E-state index is 4.40. The molecule has 0 aromatic carbocycles. The van der Waals surface area contributed by atoms with Crippen LogP contribution in [0.15, 0.2) is 39.5 Å². The number of hydrogen-bond donors (Lipinski definition) is 1. The highest BCUT2D eigenvalue weighted by Crippen LogP contribution is 2.27. The molecule has 0 aliphatic rings. The van der Waals surface area contributed by atoms with Crippen molar-refractivity contribution in [2.45, 2.75) is 16.4 Å². The number of hydrogen-bond acceptors (Lipinski definition) is 8. The standard InChI is InChI=1S/C11H11N7S2/c1-2-12-8-15-9(18-6-3-4-14-18)17-10(16-8)20-11-13-5-7-19-11/h3-7H,2H2,1H3,(H,12,15,16,17). The summed E-state index contributed by atoms with van der Waals surface area (Å²) >= 11 is 2.96. The fourth-order valence-corrected chi connectivity index (χ4v) is 2.93. The van der Waals surface area contributed by atoms with E-state index in [1.54, 1.807) is 34.6 Å². The average Bonchev–Trinajstić information content (AvgIpc) is 3.11. The second-order valence-corrected chi connectivity index (χ2v) is 5.73. The molecule has 0 aliphatic heterocycles. The Morgan fingerprint density at radius 2 is 2.25 bits per heavy atom. The van der Waals surface area contributed by atoms with Crippen molar-refractivity contribution in [2.24, 2.45) is 0 Å². The first-order valence-corrected chi connectivity index (χ1v) is 7.62. The lowest BCUT2D eigenvalue weighted by atomic mass is 10.7. The van der Waals surface area contributed by atoms with Crippen LogP contribution < -0.4 is 5.32 Å². The molecule has 0 aliphatic carbocycles. The number of aromatic nitrogens is 6. The maximum Gasteiger partial charge on any atom is 0.256 e. The van der Waals surface area contributed by atoms with Crippen molar-refractivity contribution in [3.63, 3.8) is 0 Å². The lowest BCUT2D eigenvalue weighted by molar-refractivity contribution is 0.760. The van der Waals surface area contributed by atoms with Gasteiger partial charge in [-0.15, -0.1) is 11.3 Å². The van der Waals surface area contributed by atoms with E-state index < -0.39 is 0 Å². The second kappa shape index (κ2) is 5.97. The lowest BCUT2D eigenvalue weighted by Gasteiger charge is -2.06. The van der Waals surface area contributed by atoms with Crippen LogP contribution in [-0.4, -0.2) is 36.3 Å². The Kier molecular flexibility index (Phi) is 3.88. The van der Waals surface area contributed by atoms with Crippen LogP contribution in [-0.2, 0) is 0 Å². The van der Waals surface area contributed by atoms with Crippen LogP contribution in [0.1, 0.15) is 6.92 Å². The zero-order chi connectivity index (χ0) is 13.8. The van der Waals surface area contributed by atoms with E-state index in [0.717, 1.165) is 10.9 Å². The van der Waals surface area contributed by atoms with E-state index in [4.69, 9.17) is 0 Å². The minimum Gasteiger partial charge on any atom is -0.354 e. The number of nitrogens with one attached hydrogen (secondary N) is 1. The molecule has 102 valence electrons. The van der Waals surface area contributed by atoms with Crippen LogP contribution >= 0.6 is 23.1 Å². The topological polar surface area (TPSA) is 81.4 Å². The van der Waals surface area contributed by atoms with E-state index in [0.29, 0.717) is 17.1 Å². The number of rotatable bonds is 5. The second-order valence-electron chi connectivity index (χ2n) is 3.62. The molecule has 0 spiro atoms. The molecule has 0 fully saturated rings. The van der Waals surface area contributed by atoms with Gasteiger partial charge in [-0.1, -0.05) is 0 Å². The van der Waals surface area contributed by atoms with Crippen molar-refractivity contribution < 1.29 is 0 Å². The summed E-state index contributed by atoms with van der Waals surface area (Å²) in [6.07, 6.45) is 5.24. The molecule has 7 nitrogen and oxygen atoms in total. The van der Waals surface area contributed by atoms with E-state index in [2.05, 4.69) is 30.4 Å². The van der Waals surface area contributed by atoms with Crippen LogP contribution in [0, 0.1) is 0 Å². The summed E-state index contributed by atoms with van der Waals surface area (Å²) < 4.78 is 2.50. The van der Waals surface area contributed by atoms with Gasteiger partial charge in [-0.2, -0.15) is 20.1 Å². The molecule has 0 unspecified atom stereocenters. The van der Waals surface area contributed by atoms with Gasteiger partial charge in [-0.25, -0.2) is 9.67 Å². The van der Waals surface area contributed by atoms with E-state index in [1.807, 2.05) is 18.4 Å². The highest BCUT2D eigenvalue weighted by Gasteiger charge is 2.10. The Bertz CT molecular complexity index is 666. The first-order valence-electron chi connectivity index (χ1n) is 5.92. The quantitative estimate of drug-likeness (QED) is 0.773. The van der Waals surface area contributed by atoms with E-state index in [-0.39, 0.29) is 0 Å². The summed E-state index contributed by atoms with van der Waals surface area (Å²) in [6, 6.07) is 1.82. The maximum atomic E-state index is 4.40. The van der Waals surface area contributed by atoms with Gasteiger partial charge in [0.05, 0.1) is 0 Å². The number of nitrogens with zero attached hydrogens (tertiary/aromatic N) is 6. The van der Waals surface area contributed by atoms with Crippen LogP contribution in [0.25, 0.3) is 5.95 Å². The van der Waals surface area contributed by atoms with Gasteiger partial charge in [0, 0.05) is 30.5 Å². The number of anilines is 1. The average molecular weight is 305 g/mol. The van der Waals surface area contributed by atoms with Crippen molar-refractivity contribution in [1.82, 2.24) is 29.7 Å². The zero-order valence-corrected chi connectivity index (χ0v) is 12.2. The SMILES string of the molecule is CCNc1nc(Sc2nccs2)nc(-n2cccn2)n1. The molecule has 3 heterocycles. The van der Waals surface area contributed by atoms with Gasteiger partial charge in [-0.05, 0) is 24.8 Å². The van der Waals surface area contributed by atoms with Gasteiger partial charge in [0.1, 0.15) is 0 Å². The Morgan fingerprint density at radius 3 is 2.95 bits per heavy atom. The van der Waals surface area contributed by atoms with Crippen molar-refractivity contribution in [3.05, 3.63) is 30.0 Å². The van der Waals surface area contributed by atoms with E-state index in [1.165, 1.54) is 11.8 Å². The van der Waals surface area contributed by atoms with Crippen LogP contribution in [0.4, 0.5) is 5.95 Å². The Hall–Kier alpha value is -2.00. The third-order valence-corrected chi connectivity index (χ3v) is 3.98. The Balaban J connectivity index is 1.96. The summed E-state index contributed by atoms with van der Waals surface area (Å²) in [5, 5.41) is 9.75. The van der Waals surface area contributed by atoms with Crippen molar-refractivity contribution in [2.75, 3.05) is 11.9 Å². The predicted octanol–water partition coefficient (Wildman–Crippen LogP) is 2.10. The molecule has 0 bridgehead atoms. The highest BCUT2D eigenvalue weighted by atomic mass is 32.2. The molecule has 20 heavy (non-hydrogen) atoms. The summed E-state index contributed by atoms with van der Waals surface area (Å²) in [5.74, 6) is 1.02. The molecule has 0 radical (unpaired) electrons. The van der Waals surface area contributed by atoms with Crippen LogP contribution in [0.2, 0.25) is 0 Å². The van der Waals surface area contributed by atoms with Crippen molar-refractivity contribution in [3.8, 4) is 5.95 Å². The fraction of sp³-hybridized carbons (Fsp3) is 0.182. The molecule has 0 saturated heterocycles. The minimum atomic E-state index is 0.486. The predicted molar refractivity (Wildman–Crippen MR) is 77.3 cm³/mol. The van der Waals surface area contributed by atoms with Gasteiger partial charge in [-0.3, -0.25) is 0 Å². The normalized spacial score (nSPS) is 10.7. The molecule has 0 amide bonds. The molecular weight excluding hydrogens is 294 g/mol. The zero-order valence-electron chi connectivity index (χ0n) is 10.6. The first kappa shape index (κ1) is 13.0. The van der Waals surface area contributed by atoms with Crippen molar-refractivity contribution in [1.29, 1.82) is 0 Å². The first-order chi connectivity index (χ1) is 9.85. The molecule has 0 atom stereocenters. The van der Waals surface area contributed by atoms with Gasteiger partial charge in [0.25, 0.3) is 5.95 Å². The lowest BCUT2D eigenvalue weighted by Crippen LogP contribution is -2.09. The Labute approximate surface area is 123 Å². The summed E-state index contributed by atoms with van der Waals surface area (Å²) in [7, 11) is 0. The van der Waals surface area contributed by atoms with Gasteiger partial charge in [0.15, 0.2) is 4.34 Å². The van der Waals surface area contributed by atoms with E-state index in [9.17, 15) is 0 Å². The molecular formula is C11H11N7S2. The number of thiazole rings is 1. The largest absolute Gasteiger partial charge is 0.354 e. The summed E-state index contributed by atoms with van der Waals surface area (Å²) in [6.45, 7) is 2.73. The van der Waals surface area contributed by atoms with Crippen molar-refractivity contribution >= 4 is 29.0 Å². The summed E-state index contributed by atoms with van der Waals surface area (Å²) in [5.41, 5.74) is 0. The third kappa shape index (κ3) is 2.94. The fourth-order valence-electron chi connectivity index (χ4n) is 1.46. The highest BCUT2D eigenvalue weighted by molar-refractivity contribution is 8.00. The minimum absolute atomic E-state index is 0.486. The molecule has 1 N–H and O–H groups in total. The van der Waals surface area contributed by atoms with Gasteiger partial charge in [0.2, 0.25) is 11.1 Å². The monoisotopic (exact) mass is 305 g/mol. The Morgan fingerprint density at radius 1 is 1.30 bits per heavy atom. The molecule has 0 saturated carbocycles. The molecule has 3 aromatic rings. The van der Waals surface area contributed by atoms with Crippen LogP contribution in [0.3, 0.4) is 0 Å². The third-order valence-electron chi connectivity index (χ3n) is 2.24. The van der Waals surface area contributed by atoms with E-state index >= 15 is 0 Å².